The number of aliphatic hydroxyl groups excluding tert-OH is 1. The maximum absolute atomic E-state index is 12.0. The van der Waals surface area contributed by atoms with Crippen molar-refractivity contribution in [1.29, 1.82) is 0 Å². The monoisotopic (exact) mass is 663 g/mol. The quantitative estimate of drug-likeness (QED) is 0.0347. The molecule has 9 nitrogen and oxygen atoms in total. The molecule has 0 spiro atoms. The smallest absolute Gasteiger partial charge is 0.463 e. The first-order valence-electron chi connectivity index (χ1n) is 18.5. The zero-order valence-corrected chi connectivity index (χ0v) is 30.0. The highest BCUT2D eigenvalue weighted by Gasteiger charge is 2.23. The van der Waals surface area contributed by atoms with Crippen LogP contribution in [0.1, 0.15) is 181 Å². The van der Waals surface area contributed by atoms with E-state index in [1.54, 1.807) is 0 Å². The summed E-state index contributed by atoms with van der Waals surface area (Å²) >= 11 is 0. The van der Waals surface area contributed by atoms with Crippen LogP contribution in [0.2, 0.25) is 0 Å². The first kappa shape index (κ1) is 44.0. The van der Waals surface area contributed by atoms with E-state index in [0.29, 0.717) is 6.42 Å². The molecular formula is C35H70NO8P. The number of phosphoric ester groups is 1. The van der Waals surface area contributed by atoms with Crippen molar-refractivity contribution in [2.24, 2.45) is 0 Å². The largest absolute Gasteiger partial charge is 0.472 e. The fourth-order valence-electron chi connectivity index (χ4n) is 5.20. The van der Waals surface area contributed by atoms with E-state index in [9.17, 15) is 24.2 Å². The van der Waals surface area contributed by atoms with Crippen LogP contribution in [0.5, 0.6) is 0 Å². The molecule has 0 radical (unpaired) electrons. The van der Waals surface area contributed by atoms with Crippen molar-refractivity contribution >= 4 is 19.7 Å². The number of carbonyl (C=O) groups excluding carboxylic acids is 2. The van der Waals surface area contributed by atoms with Crippen LogP contribution in [-0.4, -0.2) is 54.3 Å². The summed E-state index contributed by atoms with van der Waals surface area (Å²) in [7, 11) is -4.40. The minimum absolute atomic E-state index is 0.0872. The van der Waals surface area contributed by atoms with Crippen LogP contribution in [0.25, 0.3) is 0 Å². The highest BCUT2D eigenvalue weighted by atomic mass is 31.2. The van der Waals surface area contributed by atoms with Crippen molar-refractivity contribution in [2.45, 2.75) is 187 Å². The normalized spacial score (nSPS) is 13.4. The lowest BCUT2D eigenvalue weighted by Crippen LogP contribution is -2.27. The second kappa shape index (κ2) is 32.9. The molecule has 1 amide bonds. The fourth-order valence-corrected chi connectivity index (χ4v) is 5.96. The lowest BCUT2D eigenvalue weighted by atomic mass is 10.0. The van der Waals surface area contributed by atoms with Gasteiger partial charge in [0, 0.05) is 19.4 Å². The van der Waals surface area contributed by atoms with Gasteiger partial charge in [-0.2, -0.15) is 0 Å². The van der Waals surface area contributed by atoms with E-state index in [1.165, 1.54) is 116 Å². The van der Waals surface area contributed by atoms with Crippen molar-refractivity contribution < 1.29 is 37.9 Å². The van der Waals surface area contributed by atoms with Gasteiger partial charge in [-0.3, -0.25) is 18.6 Å². The van der Waals surface area contributed by atoms with Gasteiger partial charge in [0.25, 0.3) is 0 Å². The molecule has 0 aliphatic rings. The van der Waals surface area contributed by atoms with Gasteiger partial charge in [0.15, 0.2) is 0 Å². The van der Waals surface area contributed by atoms with E-state index in [4.69, 9.17) is 13.8 Å². The fraction of sp³-hybridized carbons (Fsp3) is 0.943. The summed E-state index contributed by atoms with van der Waals surface area (Å²) in [5.74, 6) is -0.511. The Kier molecular flexibility index (Phi) is 32.2. The average Bonchev–Trinajstić information content (AvgIpc) is 3.02. The molecule has 0 aromatic rings. The Morgan fingerprint density at radius 1 is 0.600 bits per heavy atom. The second-order valence-corrected chi connectivity index (χ2v) is 14.0. The molecule has 0 aliphatic heterocycles. The first-order chi connectivity index (χ1) is 21.8. The molecule has 0 saturated carbocycles. The molecule has 2 atom stereocenters. The number of hydrogen-bond donors (Lipinski definition) is 3. The zero-order valence-electron chi connectivity index (χ0n) is 29.1. The Balaban J connectivity index is 3.60. The highest BCUT2D eigenvalue weighted by Crippen LogP contribution is 2.42. The predicted octanol–water partition coefficient (Wildman–Crippen LogP) is 9.32. The molecule has 0 heterocycles. The molecule has 10 heteroatoms. The van der Waals surface area contributed by atoms with E-state index in [1.807, 2.05) is 0 Å². The minimum atomic E-state index is -4.40. The predicted molar refractivity (Wildman–Crippen MR) is 183 cm³/mol. The van der Waals surface area contributed by atoms with Gasteiger partial charge in [-0.1, -0.05) is 155 Å². The third-order valence-electron chi connectivity index (χ3n) is 8.04. The maximum atomic E-state index is 12.0. The number of nitrogens with one attached hydrogen (secondary N) is 1. The maximum Gasteiger partial charge on any atom is 0.472 e. The van der Waals surface area contributed by atoms with Gasteiger partial charge in [0.05, 0.1) is 13.2 Å². The molecule has 2 unspecified atom stereocenters. The van der Waals surface area contributed by atoms with Crippen molar-refractivity contribution in [2.75, 3.05) is 26.4 Å². The molecular weight excluding hydrogens is 593 g/mol. The van der Waals surface area contributed by atoms with Crippen molar-refractivity contribution in [3.8, 4) is 0 Å². The Labute approximate surface area is 275 Å². The summed E-state index contributed by atoms with van der Waals surface area (Å²) in [6.45, 7) is 3.55. The third kappa shape index (κ3) is 34.2. The van der Waals surface area contributed by atoms with Gasteiger partial charge in [-0.25, -0.2) is 4.57 Å². The van der Waals surface area contributed by atoms with Gasteiger partial charge in [0.1, 0.15) is 12.7 Å². The molecule has 0 fully saturated rings. The Morgan fingerprint density at radius 3 is 1.44 bits per heavy atom. The summed E-state index contributed by atoms with van der Waals surface area (Å²) in [5, 5.41) is 12.6. The topological polar surface area (TPSA) is 131 Å². The summed E-state index contributed by atoms with van der Waals surface area (Å²) in [4.78, 5) is 33.6. The Hall–Kier alpha value is -0.990. The van der Waals surface area contributed by atoms with Crippen molar-refractivity contribution in [1.82, 2.24) is 5.32 Å². The van der Waals surface area contributed by atoms with E-state index in [0.717, 1.165) is 38.5 Å². The first-order valence-corrected chi connectivity index (χ1v) is 20.0. The van der Waals surface area contributed by atoms with Gasteiger partial charge in [-0.15, -0.1) is 0 Å². The Bertz CT molecular complexity index is 724. The number of aliphatic hydroxyl groups is 1. The van der Waals surface area contributed by atoms with Crippen LogP contribution >= 0.6 is 7.82 Å². The number of hydrogen-bond acceptors (Lipinski definition) is 7. The summed E-state index contributed by atoms with van der Waals surface area (Å²) in [6, 6.07) is 0. The number of ether oxygens (including phenoxy) is 1. The number of rotatable bonds is 35. The summed E-state index contributed by atoms with van der Waals surface area (Å²) < 4.78 is 26.7. The number of unbranched alkanes of at least 4 members (excludes halogenated alkanes) is 22. The van der Waals surface area contributed by atoms with E-state index in [2.05, 4.69) is 19.2 Å². The van der Waals surface area contributed by atoms with E-state index in [-0.39, 0.29) is 32.1 Å². The highest BCUT2D eigenvalue weighted by molar-refractivity contribution is 7.47. The number of esters is 1. The molecule has 0 saturated heterocycles. The van der Waals surface area contributed by atoms with Crippen LogP contribution < -0.4 is 5.32 Å². The number of carbonyl (C=O) groups is 2. The number of amides is 1. The van der Waals surface area contributed by atoms with Crippen LogP contribution in [-0.2, 0) is 27.9 Å². The van der Waals surface area contributed by atoms with Gasteiger partial charge < -0.3 is 20.1 Å². The lowest BCUT2D eigenvalue weighted by Gasteiger charge is -2.15. The molecule has 45 heavy (non-hydrogen) atoms. The van der Waals surface area contributed by atoms with Crippen molar-refractivity contribution in [3.05, 3.63) is 0 Å². The van der Waals surface area contributed by atoms with E-state index >= 15 is 0 Å². The molecule has 0 aliphatic carbocycles. The van der Waals surface area contributed by atoms with Crippen molar-refractivity contribution in [3.63, 3.8) is 0 Å². The van der Waals surface area contributed by atoms with Gasteiger partial charge in [-0.05, 0) is 12.8 Å². The second-order valence-electron chi connectivity index (χ2n) is 12.6. The molecule has 268 valence electrons. The van der Waals surface area contributed by atoms with Gasteiger partial charge >= 0.3 is 13.8 Å². The summed E-state index contributed by atoms with van der Waals surface area (Å²) in [6.07, 6.45) is 28.9. The van der Waals surface area contributed by atoms with Crippen LogP contribution in [0, 0.1) is 0 Å². The molecule has 0 bridgehead atoms. The minimum Gasteiger partial charge on any atom is -0.463 e. The average molecular weight is 664 g/mol. The van der Waals surface area contributed by atoms with Crippen LogP contribution in [0.4, 0.5) is 0 Å². The van der Waals surface area contributed by atoms with Gasteiger partial charge in [0.2, 0.25) is 5.91 Å². The number of phosphoric acid groups is 1. The SMILES string of the molecule is CCCCCCCCCCCCCCCCC(=O)OCC(O)COP(=O)(O)OCCNC(=O)CCCCCCCCCCCC. The Morgan fingerprint density at radius 2 is 1.00 bits per heavy atom. The zero-order chi connectivity index (χ0) is 33.3. The third-order valence-corrected chi connectivity index (χ3v) is 9.02. The summed E-state index contributed by atoms with van der Waals surface area (Å²) in [5.41, 5.74) is 0. The van der Waals surface area contributed by atoms with Crippen LogP contribution in [0.15, 0.2) is 0 Å². The standard InChI is InChI=1S/C35H70NO8P/c1-3-5-7-9-11-13-15-16-17-18-20-22-24-26-28-35(39)42-31-33(37)32-44-45(40,41)43-30-29-36-34(38)27-25-23-21-19-14-12-10-8-6-4-2/h33,37H,3-32H2,1-2H3,(H,36,38)(H,40,41). The molecule has 0 rings (SSSR count). The van der Waals surface area contributed by atoms with Crippen LogP contribution in [0.3, 0.4) is 0 Å². The molecule has 3 N–H and O–H groups in total. The molecule has 0 aromatic carbocycles. The lowest BCUT2D eigenvalue weighted by molar-refractivity contribution is -0.147. The molecule has 0 aromatic heterocycles. The van der Waals surface area contributed by atoms with E-state index < -0.39 is 26.5 Å².